The smallest absolute Gasteiger partial charge is 0.254 e. The van der Waals surface area contributed by atoms with Crippen molar-refractivity contribution in [1.29, 1.82) is 0 Å². The van der Waals surface area contributed by atoms with E-state index < -0.39 is 25.4 Å². The second kappa shape index (κ2) is 3.97. The van der Waals surface area contributed by atoms with Crippen molar-refractivity contribution < 1.29 is 27.8 Å². The molecule has 3 nitrogen and oxygen atoms in total. The molecule has 0 aliphatic heterocycles. The van der Waals surface area contributed by atoms with E-state index in [4.69, 9.17) is 0 Å². The minimum atomic E-state index is -2.92. The molecule has 0 heterocycles. The molecule has 0 bridgehead atoms. The molecule has 0 aromatic heterocycles. The number of hydrogen-bond donors (Lipinski definition) is 0. The zero-order valence-corrected chi connectivity index (χ0v) is 4.72. The molecule has 0 aliphatic carbocycles. The van der Waals surface area contributed by atoms with Gasteiger partial charge in [-0.1, -0.05) is 0 Å². The van der Waals surface area contributed by atoms with Crippen LogP contribution in [-0.4, -0.2) is 18.9 Å². The molecule has 0 N–H and O–H groups in total. The fourth-order valence-electron chi connectivity index (χ4n) is 0.293. The van der Waals surface area contributed by atoms with Crippen molar-refractivity contribution in [1.82, 2.24) is 0 Å². The summed E-state index contributed by atoms with van der Waals surface area (Å²) in [5, 5.41) is 9.37. The first-order chi connectivity index (χ1) is 4.52. The Bertz CT molecular complexity index is 116. The van der Waals surface area contributed by atoms with Crippen molar-refractivity contribution in [3.63, 3.8) is 0 Å². The molecule has 0 aromatic rings. The molecule has 0 fully saturated rings. The van der Waals surface area contributed by atoms with Crippen LogP contribution in [0.15, 0.2) is 0 Å². The Morgan fingerprint density at radius 2 is 2.00 bits per heavy atom. The highest BCUT2D eigenvalue weighted by Gasteiger charge is 2.11. The number of carboxylic acid groups (broad SMARTS) is 1. The molecule has 1 atom stereocenters. The van der Waals surface area contributed by atoms with Gasteiger partial charge in [0.15, 0.2) is 6.36 Å². The summed E-state index contributed by atoms with van der Waals surface area (Å²) in [5.41, 5.74) is 0. The standard InChI is InChI=1S/C4H5F3O3/c5-2(6)1-3(7)10-4(8)9/h2-3H,1H2,(H,8,9)/p-1. The minimum Gasteiger partial charge on any atom is -0.516 e. The number of ether oxygens (including phenoxy) is 1. The van der Waals surface area contributed by atoms with Gasteiger partial charge in [0.05, 0.1) is 6.42 Å². The number of carbonyl (C=O) groups excluding carboxylic acids is 1. The summed E-state index contributed by atoms with van der Waals surface area (Å²) in [5.74, 6) is 0. The Balaban J connectivity index is 3.43. The van der Waals surface area contributed by atoms with E-state index in [1.807, 2.05) is 0 Å². The van der Waals surface area contributed by atoms with E-state index in [1.165, 1.54) is 0 Å². The Hall–Kier alpha value is -0.940. The number of halogens is 3. The van der Waals surface area contributed by atoms with Crippen LogP contribution in [0.2, 0.25) is 0 Å². The monoisotopic (exact) mass is 157 g/mol. The van der Waals surface area contributed by atoms with Crippen LogP contribution in [0.5, 0.6) is 0 Å². The molecule has 0 amide bonds. The minimum absolute atomic E-state index is 1.26. The second-order valence-corrected chi connectivity index (χ2v) is 1.40. The van der Waals surface area contributed by atoms with Crippen molar-refractivity contribution in [2.45, 2.75) is 19.2 Å². The van der Waals surface area contributed by atoms with Crippen molar-refractivity contribution in [3.05, 3.63) is 0 Å². The van der Waals surface area contributed by atoms with E-state index in [-0.39, 0.29) is 0 Å². The lowest BCUT2D eigenvalue weighted by Gasteiger charge is -2.12. The summed E-state index contributed by atoms with van der Waals surface area (Å²) in [6.45, 7) is 0. The largest absolute Gasteiger partial charge is 0.516 e. The lowest BCUT2D eigenvalue weighted by atomic mass is 10.4. The zero-order valence-electron chi connectivity index (χ0n) is 4.72. The Morgan fingerprint density at radius 3 is 2.30 bits per heavy atom. The molecule has 60 valence electrons. The molecule has 1 unspecified atom stereocenters. The first-order valence-electron chi connectivity index (χ1n) is 2.32. The van der Waals surface area contributed by atoms with Crippen molar-refractivity contribution in [3.8, 4) is 0 Å². The van der Waals surface area contributed by atoms with E-state index in [1.54, 1.807) is 0 Å². The second-order valence-electron chi connectivity index (χ2n) is 1.40. The normalized spacial score (nSPS) is 13.2. The van der Waals surface area contributed by atoms with Gasteiger partial charge in [-0.2, -0.15) is 0 Å². The van der Waals surface area contributed by atoms with Gasteiger partial charge in [-0.3, -0.25) is 0 Å². The van der Waals surface area contributed by atoms with Crippen molar-refractivity contribution >= 4 is 6.16 Å². The van der Waals surface area contributed by atoms with Crippen LogP contribution in [-0.2, 0) is 4.74 Å². The van der Waals surface area contributed by atoms with Gasteiger partial charge in [-0.05, 0) is 0 Å². The van der Waals surface area contributed by atoms with E-state index in [0.717, 1.165) is 0 Å². The first kappa shape index (κ1) is 9.06. The average molecular weight is 157 g/mol. The fraction of sp³-hybridized carbons (Fsp3) is 0.750. The highest BCUT2D eigenvalue weighted by molar-refractivity contribution is 5.54. The van der Waals surface area contributed by atoms with Gasteiger partial charge in [-0.15, -0.1) is 0 Å². The van der Waals surface area contributed by atoms with Crippen LogP contribution in [0.3, 0.4) is 0 Å². The molecule has 0 spiro atoms. The Labute approximate surface area is 54.4 Å². The van der Waals surface area contributed by atoms with E-state index in [9.17, 15) is 23.1 Å². The summed E-state index contributed by atoms with van der Waals surface area (Å²) in [4.78, 5) is 9.37. The van der Waals surface area contributed by atoms with Crippen molar-refractivity contribution in [2.24, 2.45) is 0 Å². The molecule has 0 rings (SSSR count). The third-order valence-corrected chi connectivity index (χ3v) is 0.588. The number of alkyl halides is 3. The van der Waals surface area contributed by atoms with Gasteiger partial charge in [0.25, 0.3) is 6.16 Å². The molecule has 0 saturated heterocycles. The maximum absolute atomic E-state index is 11.8. The number of hydrogen-bond acceptors (Lipinski definition) is 3. The van der Waals surface area contributed by atoms with Crippen molar-refractivity contribution in [2.75, 3.05) is 0 Å². The van der Waals surface area contributed by atoms with Gasteiger partial charge in [0, 0.05) is 0 Å². The molecule has 0 radical (unpaired) electrons. The quantitative estimate of drug-likeness (QED) is 0.553. The average Bonchev–Trinajstić information content (AvgIpc) is 1.58. The van der Waals surface area contributed by atoms with Gasteiger partial charge >= 0.3 is 0 Å². The highest BCUT2D eigenvalue weighted by Crippen LogP contribution is 2.07. The summed E-state index contributed by atoms with van der Waals surface area (Å²) >= 11 is 0. The molecular weight excluding hydrogens is 153 g/mol. The molecular formula is C4H4F3O3-. The van der Waals surface area contributed by atoms with Gasteiger partial charge < -0.3 is 14.6 Å². The van der Waals surface area contributed by atoms with Crippen LogP contribution in [0.1, 0.15) is 6.42 Å². The Kier molecular flexibility index (Phi) is 3.60. The van der Waals surface area contributed by atoms with Gasteiger partial charge in [0.2, 0.25) is 6.43 Å². The first-order valence-corrected chi connectivity index (χ1v) is 2.32. The summed E-state index contributed by atoms with van der Waals surface area (Å²) in [6.07, 6.45) is -8.82. The molecule has 10 heavy (non-hydrogen) atoms. The topological polar surface area (TPSA) is 49.4 Å². The van der Waals surface area contributed by atoms with E-state index >= 15 is 0 Å². The molecule has 0 aromatic carbocycles. The number of rotatable bonds is 3. The summed E-state index contributed by atoms with van der Waals surface area (Å²) < 4.78 is 37.4. The van der Waals surface area contributed by atoms with Crippen LogP contribution in [0, 0.1) is 0 Å². The third-order valence-electron chi connectivity index (χ3n) is 0.588. The van der Waals surface area contributed by atoms with Crippen LogP contribution < -0.4 is 5.11 Å². The Morgan fingerprint density at radius 1 is 1.50 bits per heavy atom. The molecule has 6 heteroatoms. The predicted octanol–water partition coefficient (Wildman–Crippen LogP) is 0.297. The van der Waals surface area contributed by atoms with Gasteiger partial charge in [0.1, 0.15) is 0 Å². The van der Waals surface area contributed by atoms with E-state index in [2.05, 4.69) is 4.74 Å². The third kappa shape index (κ3) is 5.20. The molecule has 0 saturated carbocycles. The van der Waals surface area contributed by atoms with Gasteiger partial charge in [-0.25, -0.2) is 13.2 Å². The predicted molar refractivity (Wildman–Crippen MR) is 22.0 cm³/mol. The SMILES string of the molecule is O=C([O-])OC(F)CC(F)F. The zero-order chi connectivity index (χ0) is 8.15. The van der Waals surface area contributed by atoms with E-state index in [0.29, 0.717) is 0 Å². The van der Waals surface area contributed by atoms with Crippen LogP contribution in [0.4, 0.5) is 18.0 Å². The highest BCUT2D eigenvalue weighted by atomic mass is 19.3. The van der Waals surface area contributed by atoms with Crippen LogP contribution in [0.25, 0.3) is 0 Å². The van der Waals surface area contributed by atoms with Crippen LogP contribution >= 0.6 is 0 Å². The summed E-state index contributed by atoms with van der Waals surface area (Å²) in [6, 6.07) is 0. The maximum atomic E-state index is 11.8. The lowest BCUT2D eigenvalue weighted by molar-refractivity contribution is -0.294. The number of carbonyl (C=O) groups is 1. The lowest BCUT2D eigenvalue weighted by Crippen LogP contribution is -2.28. The summed E-state index contributed by atoms with van der Waals surface area (Å²) in [7, 11) is 0. The molecule has 0 aliphatic rings. The fourth-order valence-corrected chi connectivity index (χ4v) is 0.293. The maximum Gasteiger partial charge on any atom is 0.254 e.